The minimum atomic E-state index is -1.58. The highest BCUT2D eigenvalue weighted by Crippen LogP contribution is 2.26. The fourth-order valence-corrected chi connectivity index (χ4v) is 2.93. The standard InChI is InChI=1S/C18H32N2O8S/c1-16(2,3)27-14(23)19-11(12(21)25-8)10-29-18(7,13(22)26-9)20-15(24)28-17(4,5)6/h11H,10H2,1-9H3,(H,19,23)(H,20,24)/t11-,18?/m0/s1. The van der Waals surface area contributed by atoms with Crippen LogP contribution in [-0.4, -0.2) is 66.2 Å². The first-order valence-corrected chi connectivity index (χ1v) is 9.82. The zero-order valence-corrected chi connectivity index (χ0v) is 19.3. The van der Waals surface area contributed by atoms with E-state index in [2.05, 4.69) is 10.6 Å². The Morgan fingerprint density at radius 1 is 0.828 bits per heavy atom. The highest BCUT2D eigenvalue weighted by molar-refractivity contribution is 8.01. The van der Waals surface area contributed by atoms with E-state index in [9.17, 15) is 19.2 Å². The van der Waals surface area contributed by atoms with Crippen LogP contribution in [0.1, 0.15) is 48.5 Å². The molecule has 0 saturated carbocycles. The molecule has 0 bridgehead atoms. The first-order valence-electron chi connectivity index (χ1n) is 8.84. The first-order chi connectivity index (χ1) is 13.0. The van der Waals surface area contributed by atoms with Crippen LogP contribution in [0.5, 0.6) is 0 Å². The van der Waals surface area contributed by atoms with E-state index in [0.717, 1.165) is 26.0 Å². The van der Waals surface area contributed by atoms with Gasteiger partial charge >= 0.3 is 24.1 Å². The summed E-state index contributed by atoms with van der Waals surface area (Å²) in [4.78, 5) is 46.9. The van der Waals surface area contributed by atoms with E-state index in [1.165, 1.54) is 6.92 Å². The van der Waals surface area contributed by atoms with Crippen molar-refractivity contribution >= 4 is 35.9 Å². The van der Waals surface area contributed by atoms with E-state index >= 15 is 0 Å². The molecule has 10 nitrogen and oxygen atoms in total. The van der Waals surface area contributed by atoms with Crippen molar-refractivity contribution in [2.45, 2.75) is 70.6 Å². The van der Waals surface area contributed by atoms with E-state index in [4.69, 9.17) is 18.9 Å². The molecule has 0 heterocycles. The van der Waals surface area contributed by atoms with Crippen molar-refractivity contribution in [3.05, 3.63) is 0 Å². The number of rotatable bonds is 7. The van der Waals surface area contributed by atoms with Crippen LogP contribution in [0.25, 0.3) is 0 Å². The van der Waals surface area contributed by atoms with Crippen LogP contribution in [0, 0.1) is 0 Å². The average Bonchev–Trinajstić information content (AvgIpc) is 2.53. The number of nitrogens with one attached hydrogen (secondary N) is 2. The molecule has 0 fully saturated rings. The molecule has 0 aromatic rings. The molecule has 0 rings (SSSR count). The second kappa shape index (κ2) is 10.6. The van der Waals surface area contributed by atoms with Crippen LogP contribution in [0.4, 0.5) is 9.59 Å². The van der Waals surface area contributed by atoms with Crippen LogP contribution in [-0.2, 0) is 28.5 Å². The zero-order valence-electron chi connectivity index (χ0n) is 18.5. The van der Waals surface area contributed by atoms with Gasteiger partial charge in [0.25, 0.3) is 0 Å². The highest BCUT2D eigenvalue weighted by Gasteiger charge is 2.40. The molecule has 0 radical (unpaired) electrons. The predicted octanol–water partition coefficient (Wildman–Crippen LogP) is 2.20. The summed E-state index contributed by atoms with van der Waals surface area (Å²) in [5.41, 5.74) is -1.55. The number of thioether (sulfide) groups is 1. The summed E-state index contributed by atoms with van der Waals surface area (Å²) < 4.78 is 19.8. The molecule has 11 heteroatoms. The Bertz CT molecular complexity index is 612. The molecule has 0 aliphatic carbocycles. The summed E-state index contributed by atoms with van der Waals surface area (Å²) in [5, 5.41) is 4.83. The van der Waals surface area contributed by atoms with Crippen LogP contribution < -0.4 is 10.6 Å². The number of alkyl carbamates (subject to hydrolysis) is 2. The fourth-order valence-electron chi connectivity index (χ4n) is 1.85. The Balaban J connectivity index is 5.32. The van der Waals surface area contributed by atoms with Gasteiger partial charge in [0.1, 0.15) is 17.2 Å². The molecule has 168 valence electrons. The first kappa shape index (κ1) is 26.8. The third-order valence-corrected chi connectivity index (χ3v) is 4.38. The van der Waals surface area contributed by atoms with Gasteiger partial charge in [-0.1, -0.05) is 0 Å². The number of hydrogen-bond donors (Lipinski definition) is 2. The maximum absolute atomic E-state index is 12.3. The number of amides is 2. The van der Waals surface area contributed by atoms with Crippen LogP contribution in [0.2, 0.25) is 0 Å². The van der Waals surface area contributed by atoms with Crippen molar-refractivity contribution in [3.63, 3.8) is 0 Å². The molecular weight excluding hydrogens is 404 g/mol. The van der Waals surface area contributed by atoms with Crippen molar-refractivity contribution in [3.8, 4) is 0 Å². The second-order valence-corrected chi connectivity index (χ2v) is 9.62. The lowest BCUT2D eigenvalue weighted by Crippen LogP contribution is -2.53. The smallest absolute Gasteiger partial charge is 0.409 e. The lowest BCUT2D eigenvalue weighted by molar-refractivity contribution is -0.144. The number of methoxy groups -OCH3 is 2. The molecule has 2 N–H and O–H groups in total. The van der Waals surface area contributed by atoms with Gasteiger partial charge in [-0.25, -0.2) is 19.2 Å². The minimum Gasteiger partial charge on any atom is -0.467 e. The van der Waals surface area contributed by atoms with Gasteiger partial charge < -0.3 is 24.3 Å². The average molecular weight is 437 g/mol. The topological polar surface area (TPSA) is 129 Å². The molecule has 2 atom stereocenters. The number of carbonyl (C=O) groups excluding carboxylic acids is 4. The van der Waals surface area contributed by atoms with Gasteiger partial charge in [0, 0.05) is 5.75 Å². The minimum absolute atomic E-state index is 0.118. The van der Waals surface area contributed by atoms with E-state index < -0.39 is 46.2 Å². The molecule has 0 saturated heterocycles. The van der Waals surface area contributed by atoms with Gasteiger partial charge in [-0.05, 0) is 48.5 Å². The predicted molar refractivity (Wildman–Crippen MR) is 107 cm³/mol. The Labute approximate surface area is 175 Å². The number of ether oxygens (including phenoxy) is 4. The van der Waals surface area contributed by atoms with Gasteiger partial charge in [-0.2, -0.15) is 0 Å². The summed E-state index contributed by atoms with van der Waals surface area (Å²) in [6.07, 6.45) is -1.67. The Hall–Kier alpha value is -2.17. The molecule has 0 aromatic carbocycles. The monoisotopic (exact) mass is 436 g/mol. The van der Waals surface area contributed by atoms with Crippen molar-refractivity contribution in [1.29, 1.82) is 0 Å². The molecule has 0 aromatic heterocycles. The van der Waals surface area contributed by atoms with E-state index in [1.807, 2.05) is 0 Å². The highest BCUT2D eigenvalue weighted by atomic mass is 32.2. The quantitative estimate of drug-likeness (QED) is 0.350. The van der Waals surface area contributed by atoms with Gasteiger partial charge in [0.05, 0.1) is 14.2 Å². The summed E-state index contributed by atoms with van der Waals surface area (Å²) in [7, 11) is 2.32. The summed E-state index contributed by atoms with van der Waals surface area (Å²) in [5.74, 6) is -1.63. The normalized spacial score (nSPS) is 14.7. The van der Waals surface area contributed by atoms with E-state index in [1.54, 1.807) is 41.5 Å². The largest absolute Gasteiger partial charge is 0.467 e. The summed E-state index contributed by atoms with van der Waals surface area (Å²) in [6.45, 7) is 11.4. The van der Waals surface area contributed by atoms with Gasteiger partial charge in [0.2, 0.25) is 0 Å². The maximum atomic E-state index is 12.3. The number of carbonyl (C=O) groups is 4. The maximum Gasteiger partial charge on any atom is 0.409 e. The van der Waals surface area contributed by atoms with Crippen molar-refractivity contribution in [2.75, 3.05) is 20.0 Å². The van der Waals surface area contributed by atoms with Gasteiger partial charge in [0.15, 0.2) is 4.87 Å². The third-order valence-electron chi connectivity index (χ3n) is 3.03. The zero-order chi connectivity index (χ0) is 23.0. The molecular formula is C18H32N2O8S. The lowest BCUT2D eigenvalue weighted by atomic mass is 10.2. The van der Waals surface area contributed by atoms with Crippen molar-refractivity contribution in [2.24, 2.45) is 0 Å². The third kappa shape index (κ3) is 10.8. The second-order valence-electron chi connectivity index (χ2n) is 8.18. The SMILES string of the molecule is COC(=O)[C@H](CSC(C)(NC(=O)OC(C)(C)C)C(=O)OC)NC(=O)OC(C)(C)C. The van der Waals surface area contributed by atoms with Gasteiger partial charge in [-0.15, -0.1) is 11.8 Å². The van der Waals surface area contributed by atoms with Crippen LogP contribution >= 0.6 is 11.8 Å². The van der Waals surface area contributed by atoms with E-state index in [-0.39, 0.29) is 5.75 Å². The Kier molecular flexibility index (Phi) is 9.77. The van der Waals surface area contributed by atoms with Crippen LogP contribution in [0.3, 0.4) is 0 Å². The van der Waals surface area contributed by atoms with E-state index in [0.29, 0.717) is 0 Å². The summed E-state index contributed by atoms with van der Waals surface area (Å²) in [6, 6.07) is -1.13. The molecule has 2 amide bonds. The summed E-state index contributed by atoms with van der Waals surface area (Å²) >= 11 is 0.865. The molecule has 0 aliphatic heterocycles. The van der Waals surface area contributed by atoms with Crippen molar-refractivity contribution < 1.29 is 38.1 Å². The Morgan fingerprint density at radius 2 is 1.31 bits per heavy atom. The lowest BCUT2D eigenvalue weighted by Gasteiger charge is -2.30. The molecule has 29 heavy (non-hydrogen) atoms. The number of hydrogen-bond acceptors (Lipinski definition) is 9. The molecule has 0 spiro atoms. The Morgan fingerprint density at radius 3 is 1.72 bits per heavy atom. The number of esters is 2. The molecule has 0 aliphatic rings. The van der Waals surface area contributed by atoms with Crippen LogP contribution in [0.15, 0.2) is 0 Å². The van der Waals surface area contributed by atoms with Gasteiger partial charge in [-0.3, -0.25) is 5.32 Å². The van der Waals surface area contributed by atoms with Crippen molar-refractivity contribution in [1.82, 2.24) is 10.6 Å². The fraction of sp³-hybridized carbons (Fsp3) is 0.778. The molecule has 1 unspecified atom stereocenters.